The third kappa shape index (κ3) is 2.78. The molecule has 0 heterocycles. The zero-order chi connectivity index (χ0) is 11.4. The van der Waals surface area contributed by atoms with Crippen LogP contribution >= 0.6 is 11.6 Å². The van der Waals surface area contributed by atoms with Gasteiger partial charge >= 0.3 is 0 Å². The van der Waals surface area contributed by atoms with E-state index in [0.29, 0.717) is 12.0 Å². The van der Waals surface area contributed by atoms with E-state index in [2.05, 4.69) is 6.58 Å². The lowest BCUT2D eigenvalue weighted by molar-refractivity contribution is -0.384. The summed E-state index contributed by atoms with van der Waals surface area (Å²) in [5.74, 6) is 0. The van der Waals surface area contributed by atoms with Crippen molar-refractivity contribution in [2.75, 3.05) is 0 Å². The van der Waals surface area contributed by atoms with Crippen LogP contribution in [0.3, 0.4) is 0 Å². The second-order valence-electron chi connectivity index (χ2n) is 3.10. The van der Waals surface area contributed by atoms with Gasteiger partial charge in [-0.05, 0) is 18.1 Å². The number of rotatable bonds is 4. The van der Waals surface area contributed by atoms with Crippen molar-refractivity contribution in [3.63, 3.8) is 0 Å². The predicted molar refractivity (Wildman–Crippen MR) is 59.8 cm³/mol. The molecule has 0 radical (unpaired) electrons. The van der Waals surface area contributed by atoms with Crippen molar-refractivity contribution in [3.8, 4) is 0 Å². The quantitative estimate of drug-likeness (QED) is 0.488. The van der Waals surface area contributed by atoms with Crippen molar-refractivity contribution >= 4 is 17.3 Å². The van der Waals surface area contributed by atoms with Crippen LogP contribution in [0.1, 0.15) is 18.0 Å². The van der Waals surface area contributed by atoms with Gasteiger partial charge in [-0.25, -0.2) is 0 Å². The van der Waals surface area contributed by atoms with Gasteiger partial charge in [0.05, 0.1) is 4.92 Å². The number of hydrogen-bond donors (Lipinski definition) is 1. The second kappa shape index (κ2) is 4.91. The molecule has 1 rings (SSSR count). The predicted octanol–water partition coefficient (Wildman–Crippen LogP) is 2.82. The van der Waals surface area contributed by atoms with Gasteiger partial charge in [0.25, 0.3) is 5.69 Å². The highest BCUT2D eigenvalue weighted by atomic mass is 35.5. The molecule has 0 aliphatic heterocycles. The average molecular weight is 227 g/mol. The van der Waals surface area contributed by atoms with Crippen LogP contribution in [0.25, 0.3) is 0 Å². The summed E-state index contributed by atoms with van der Waals surface area (Å²) >= 11 is 5.67. The van der Waals surface area contributed by atoms with Gasteiger partial charge in [0, 0.05) is 12.1 Å². The minimum Gasteiger partial charge on any atom is -0.324 e. The van der Waals surface area contributed by atoms with Crippen LogP contribution in [-0.4, -0.2) is 4.92 Å². The molecule has 4 nitrogen and oxygen atoms in total. The lowest BCUT2D eigenvalue weighted by atomic mass is 10.0. The molecule has 0 amide bonds. The molecule has 80 valence electrons. The Morgan fingerprint density at radius 2 is 2.33 bits per heavy atom. The van der Waals surface area contributed by atoms with Crippen molar-refractivity contribution in [2.24, 2.45) is 5.73 Å². The molecular weight excluding hydrogens is 216 g/mol. The van der Waals surface area contributed by atoms with Crippen LogP contribution in [0.2, 0.25) is 5.02 Å². The molecule has 0 aliphatic carbocycles. The first-order valence-electron chi connectivity index (χ1n) is 4.36. The molecule has 0 unspecified atom stereocenters. The molecule has 0 bridgehead atoms. The van der Waals surface area contributed by atoms with Gasteiger partial charge in [0.15, 0.2) is 0 Å². The van der Waals surface area contributed by atoms with Crippen LogP contribution in [0.15, 0.2) is 30.9 Å². The molecule has 5 heteroatoms. The number of benzene rings is 1. The van der Waals surface area contributed by atoms with E-state index in [1.54, 1.807) is 12.1 Å². The fourth-order valence-electron chi connectivity index (χ4n) is 1.22. The number of nitro benzene ring substituents is 1. The number of halogens is 1. The minimum atomic E-state index is -0.521. The molecule has 2 N–H and O–H groups in total. The molecular formula is C10H11ClN2O2. The Bertz CT molecular complexity index is 393. The van der Waals surface area contributed by atoms with E-state index in [4.69, 9.17) is 17.3 Å². The highest BCUT2D eigenvalue weighted by Gasteiger charge is 2.15. The summed E-state index contributed by atoms with van der Waals surface area (Å²) in [5.41, 5.74) is 6.36. The molecule has 1 aromatic rings. The fourth-order valence-corrected chi connectivity index (χ4v) is 1.40. The maximum absolute atomic E-state index is 10.6. The van der Waals surface area contributed by atoms with Crippen molar-refractivity contribution < 1.29 is 4.92 Å². The van der Waals surface area contributed by atoms with Crippen LogP contribution in [0, 0.1) is 10.1 Å². The molecule has 0 spiro atoms. The monoisotopic (exact) mass is 226 g/mol. The lowest BCUT2D eigenvalue weighted by Gasteiger charge is -2.09. The summed E-state index contributed by atoms with van der Waals surface area (Å²) in [5, 5.41) is 10.7. The first kappa shape index (κ1) is 11.7. The van der Waals surface area contributed by atoms with Crippen LogP contribution < -0.4 is 5.73 Å². The van der Waals surface area contributed by atoms with E-state index in [1.807, 2.05) is 0 Å². The molecule has 0 saturated heterocycles. The van der Waals surface area contributed by atoms with Crippen molar-refractivity contribution in [1.29, 1.82) is 0 Å². The zero-order valence-electron chi connectivity index (χ0n) is 8.02. The Morgan fingerprint density at radius 1 is 1.67 bits per heavy atom. The first-order valence-corrected chi connectivity index (χ1v) is 4.74. The largest absolute Gasteiger partial charge is 0.324 e. The summed E-state index contributed by atoms with van der Waals surface area (Å²) in [6.07, 6.45) is 2.24. The molecule has 0 aliphatic rings. The molecule has 0 aromatic heterocycles. The highest BCUT2D eigenvalue weighted by molar-refractivity contribution is 6.32. The highest BCUT2D eigenvalue weighted by Crippen LogP contribution is 2.27. The summed E-state index contributed by atoms with van der Waals surface area (Å²) in [7, 11) is 0. The third-order valence-corrected chi connectivity index (χ3v) is 2.34. The Kier molecular flexibility index (Phi) is 3.82. The molecule has 15 heavy (non-hydrogen) atoms. The number of nitrogens with zero attached hydrogens (tertiary/aromatic N) is 1. The minimum absolute atomic E-state index is 0.117. The topological polar surface area (TPSA) is 69.2 Å². The smallest absolute Gasteiger partial charge is 0.288 e. The van der Waals surface area contributed by atoms with Crippen LogP contribution in [0.5, 0.6) is 0 Å². The second-order valence-corrected chi connectivity index (χ2v) is 3.51. The van der Waals surface area contributed by atoms with Gasteiger partial charge in [-0.1, -0.05) is 23.7 Å². The van der Waals surface area contributed by atoms with Gasteiger partial charge in [0.1, 0.15) is 5.02 Å². The standard InChI is InChI=1S/C10H11ClN2O2/c1-2-3-9(12)7-4-5-8(11)10(6-7)13(14)15/h2,4-6,9H,1,3,12H2/t9-/m0/s1. The summed E-state index contributed by atoms with van der Waals surface area (Å²) in [6.45, 7) is 3.56. The Balaban J connectivity index is 3.06. The van der Waals surface area contributed by atoms with E-state index in [1.165, 1.54) is 12.1 Å². The average Bonchev–Trinajstić information content (AvgIpc) is 2.18. The van der Waals surface area contributed by atoms with E-state index in [-0.39, 0.29) is 16.8 Å². The van der Waals surface area contributed by atoms with E-state index >= 15 is 0 Å². The number of nitro groups is 1. The summed E-state index contributed by atoms with van der Waals surface area (Å²) < 4.78 is 0. The summed E-state index contributed by atoms with van der Waals surface area (Å²) in [4.78, 5) is 10.1. The molecule has 0 saturated carbocycles. The number of hydrogen-bond acceptors (Lipinski definition) is 3. The van der Waals surface area contributed by atoms with Gasteiger partial charge in [0.2, 0.25) is 0 Å². The maximum atomic E-state index is 10.6. The van der Waals surface area contributed by atoms with E-state index in [0.717, 1.165) is 0 Å². The van der Waals surface area contributed by atoms with Crippen molar-refractivity contribution in [1.82, 2.24) is 0 Å². The molecule has 0 fully saturated rings. The maximum Gasteiger partial charge on any atom is 0.288 e. The van der Waals surface area contributed by atoms with Gasteiger partial charge in [-0.15, -0.1) is 6.58 Å². The lowest BCUT2D eigenvalue weighted by Crippen LogP contribution is -2.09. The summed E-state index contributed by atoms with van der Waals surface area (Å²) in [6, 6.07) is 4.29. The molecule has 1 aromatic carbocycles. The Hall–Kier alpha value is -1.39. The normalized spacial score (nSPS) is 12.1. The van der Waals surface area contributed by atoms with E-state index in [9.17, 15) is 10.1 Å². The van der Waals surface area contributed by atoms with Crippen molar-refractivity contribution in [2.45, 2.75) is 12.5 Å². The van der Waals surface area contributed by atoms with Gasteiger partial charge < -0.3 is 5.73 Å². The first-order chi connectivity index (χ1) is 7.06. The van der Waals surface area contributed by atoms with E-state index < -0.39 is 4.92 Å². The zero-order valence-corrected chi connectivity index (χ0v) is 8.78. The fraction of sp³-hybridized carbons (Fsp3) is 0.200. The van der Waals surface area contributed by atoms with Gasteiger partial charge in [-0.2, -0.15) is 0 Å². The van der Waals surface area contributed by atoms with Gasteiger partial charge in [-0.3, -0.25) is 10.1 Å². The Morgan fingerprint density at radius 3 is 2.87 bits per heavy atom. The SMILES string of the molecule is C=CC[C@H](N)c1ccc(Cl)c([N+](=O)[O-])c1. The third-order valence-electron chi connectivity index (χ3n) is 2.02. The van der Waals surface area contributed by atoms with Crippen LogP contribution in [-0.2, 0) is 0 Å². The number of nitrogens with two attached hydrogens (primary N) is 1. The molecule has 1 atom stereocenters. The van der Waals surface area contributed by atoms with Crippen LogP contribution in [0.4, 0.5) is 5.69 Å². The Labute approximate surface area is 92.5 Å². The van der Waals surface area contributed by atoms with Crippen molar-refractivity contribution in [3.05, 3.63) is 51.6 Å².